The lowest BCUT2D eigenvalue weighted by Gasteiger charge is -2.33. The van der Waals surface area contributed by atoms with E-state index in [2.05, 4.69) is 39.2 Å². The van der Waals surface area contributed by atoms with E-state index in [9.17, 15) is 0 Å². The van der Waals surface area contributed by atoms with E-state index in [-0.39, 0.29) is 0 Å². The van der Waals surface area contributed by atoms with Gasteiger partial charge < -0.3 is 10.2 Å². The molecule has 5 nitrogen and oxygen atoms in total. The Bertz CT molecular complexity index is 346. The molecule has 1 N–H and O–H groups in total. The number of piperazine rings is 1. The summed E-state index contributed by atoms with van der Waals surface area (Å²) in [6.07, 6.45) is 1.25. The van der Waals surface area contributed by atoms with Crippen molar-refractivity contribution in [2.45, 2.75) is 26.8 Å². The van der Waals surface area contributed by atoms with Crippen LogP contribution in [0.15, 0.2) is 0 Å². The predicted molar refractivity (Wildman–Crippen MR) is 76.1 cm³/mol. The number of nitrogens with zero attached hydrogens (tertiary/aromatic N) is 4. The summed E-state index contributed by atoms with van der Waals surface area (Å²) >= 11 is 1.67. The quantitative estimate of drug-likeness (QED) is 0.848. The first-order chi connectivity index (χ1) is 8.81. The van der Waals surface area contributed by atoms with Gasteiger partial charge >= 0.3 is 0 Å². The second-order valence-corrected chi connectivity index (χ2v) is 5.71. The second kappa shape index (κ2) is 7.01. The molecule has 0 aliphatic carbocycles. The summed E-state index contributed by atoms with van der Waals surface area (Å²) in [5.41, 5.74) is 0. The zero-order valence-corrected chi connectivity index (χ0v) is 12.2. The van der Waals surface area contributed by atoms with Gasteiger partial charge in [0.15, 0.2) is 0 Å². The van der Waals surface area contributed by atoms with Crippen LogP contribution in [-0.4, -0.2) is 59.3 Å². The standard InChI is InChI=1S/C12H23N5S/c1-3-5-16-6-8-17(9-7-16)10-11-14-15-12(18-11)13-4-2/h3-10H2,1-2H3,(H,13,15). The van der Waals surface area contributed by atoms with Gasteiger partial charge in [-0.05, 0) is 19.9 Å². The molecule has 6 heteroatoms. The highest BCUT2D eigenvalue weighted by molar-refractivity contribution is 7.15. The SMILES string of the molecule is CCCN1CCN(Cc2nnc(NCC)s2)CC1. The molecule has 102 valence electrons. The number of nitrogens with one attached hydrogen (secondary N) is 1. The molecule has 0 radical (unpaired) electrons. The molecular weight excluding hydrogens is 246 g/mol. The van der Waals surface area contributed by atoms with Crippen molar-refractivity contribution in [3.63, 3.8) is 0 Å². The van der Waals surface area contributed by atoms with Crippen molar-refractivity contribution in [3.05, 3.63) is 5.01 Å². The summed E-state index contributed by atoms with van der Waals surface area (Å²) < 4.78 is 0. The minimum absolute atomic E-state index is 0.907. The van der Waals surface area contributed by atoms with Gasteiger partial charge in [0.05, 0.1) is 6.54 Å². The van der Waals surface area contributed by atoms with Gasteiger partial charge in [-0.25, -0.2) is 0 Å². The topological polar surface area (TPSA) is 44.3 Å². The highest BCUT2D eigenvalue weighted by atomic mass is 32.1. The molecule has 2 heterocycles. The van der Waals surface area contributed by atoms with Gasteiger partial charge in [-0.15, -0.1) is 10.2 Å². The van der Waals surface area contributed by atoms with Crippen LogP contribution in [0.1, 0.15) is 25.3 Å². The van der Waals surface area contributed by atoms with E-state index in [1.807, 2.05) is 0 Å². The molecule has 0 spiro atoms. The van der Waals surface area contributed by atoms with Crippen molar-refractivity contribution in [2.24, 2.45) is 0 Å². The number of anilines is 1. The van der Waals surface area contributed by atoms with Crippen molar-refractivity contribution >= 4 is 16.5 Å². The first-order valence-corrected chi connectivity index (χ1v) is 7.64. The molecule has 1 saturated heterocycles. The number of aromatic nitrogens is 2. The zero-order chi connectivity index (χ0) is 12.8. The summed E-state index contributed by atoms with van der Waals surface area (Å²) in [4.78, 5) is 5.02. The molecule has 0 saturated carbocycles. The molecule has 0 bridgehead atoms. The van der Waals surface area contributed by atoms with Crippen LogP contribution in [0.5, 0.6) is 0 Å². The number of rotatable bonds is 6. The maximum atomic E-state index is 4.24. The molecule has 1 aromatic heterocycles. The van der Waals surface area contributed by atoms with E-state index in [4.69, 9.17) is 0 Å². The lowest BCUT2D eigenvalue weighted by Crippen LogP contribution is -2.45. The lowest BCUT2D eigenvalue weighted by atomic mass is 10.3. The molecule has 2 rings (SSSR count). The molecule has 1 aliphatic rings. The molecule has 0 aromatic carbocycles. The summed E-state index contributed by atoms with van der Waals surface area (Å²) in [5, 5.41) is 13.6. The average molecular weight is 269 g/mol. The monoisotopic (exact) mass is 269 g/mol. The zero-order valence-electron chi connectivity index (χ0n) is 11.4. The smallest absolute Gasteiger partial charge is 0.205 e. The van der Waals surface area contributed by atoms with Crippen LogP contribution < -0.4 is 5.32 Å². The molecule has 1 aromatic rings. The van der Waals surface area contributed by atoms with Gasteiger partial charge in [0, 0.05) is 32.7 Å². The minimum atomic E-state index is 0.907. The first-order valence-electron chi connectivity index (χ1n) is 6.82. The minimum Gasteiger partial charge on any atom is -0.360 e. The van der Waals surface area contributed by atoms with Crippen molar-refractivity contribution in [2.75, 3.05) is 44.6 Å². The van der Waals surface area contributed by atoms with Gasteiger partial charge in [-0.1, -0.05) is 18.3 Å². The average Bonchev–Trinajstić information content (AvgIpc) is 2.80. The Kier molecular flexibility index (Phi) is 5.34. The maximum Gasteiger partial charge on any atom is 0.205 e. The maximum absolute atomic E-state index is 4.24. The third-order valence-electron chi connectivity index (χ3n) is 3.16. The van der Waals surface area contributed by atoms with Gasteiger partial charge in [0.1, 0.15) is 5.01 Å². The van der Waals surface area contributed by atoms with Crippen LogP contribution in [0.25, 0.3) is 0 Å². The van der Waals surface area contributed by atoms with Gasteiger partial charge in [0.2, 0.25) is 5.13 Å². The summed E-state index contributed by atoms with van der Waals surface area (Å²) in [6, 6.07) is 0. The fraction of sp³-hybridized carbons (Fsp3) is 0.833. The van der Waals surface area contributed by atoms with Crippen LogP contribution in [0.2, 0.25) is 0 Å². The van der Waals surface area contributed by atoms with E-state index in [0.29, 0.717) is 0 Å². The third kappa shape index (κ3) is 3.90. The highest BCUT2D eigenvalue weighted by Gasteiger charge is 2.17. The lowest BCUT2D eigenvalue weighted by molar-refractivity contribution is 0.127. The molecule has 0 atom stereocenters. The van der Waals surface area contributed by atoms with Crippen LogP contribution in [-0.2, 0) is 6.54 Å². The largest absolute Gasteiger partial charge is 0.360 e. The summed E-state index contributed by atoms with van der Waals surface area (Å²) in [5.74, 6) is 0. The Balaban J connectivity index is 1.76. The van der Waals surface area contributed by atoms with E-state index in [1.54, 1.807) is 11.3 Å². The van der Waals surface area contributed by atoms with Crippen molar-refractivity contribution in [3.8, 4) is 0 Å². The molecule has 18 heavy (non-hydrogen) atoms. The molecular formula is C12H23N5S. The normalized spacial score (nSPS) is 18.1. The fourth-order valence-corrected chi connectivity index (χ4v) is 3.07. The summed E-state index contributed by atoms with van der Waals surface area (Å²) in [7, 11) is 0. The van der Waals surface area contributed by atoms with E-state index in [1.165, 1.54) is 26.1 Å². The second-order valence-electron chi connectivity index (χ2n) is 4.65. The van der Waals surface area contributed by atoms with Gasteiger partial charge in [0.25, 0.3) is 0 Å². The third-order valence-corrected chi connectivity index (χ3v) is 4.02. The highest BCUT2D eigenvalue weighted by Crippen LogP contribution is 2.17. The Morgan fingerprint density at radius 3 is 2.50 bits per heavy atom. The van der Waals surface area contributed by atoms with Crippen molar-refractivity contribution in [1.29, 1.82) is 0 Å². The van der Waals surface area contributed by atoms with E-state index < -0.39 is 0 Å². The fourth-order valence-electron chi connectivity index (χ4n) is 2.22. The van der Waals surface area contributed by atoms with Gasteiger partial charge in [-0.2, -0.15) is 0 Å². The Hall–Kier alpha value is -0.720. The Morgan fingerprint density at radius 2 is 1.83 bits per heavy atom. The van der Waals surface area contributed by atoms with Crippen LogP contribution in [0.3, 0.4) is 0 Å². The van der Waals surface area contributed by atoms with Gasteiger partial charge in [-0.3, -0.25) is 4.90 Å². The number of hydrogen-bond acceptors (Lipinski definition) is 6. The van der Waals surface area contributed by atoms with Crippen LogP contribution in [0, 0.1) is 0 Å². The van der Waals surface area contributed by atoms with E-state index in [0.717, 1.165) is 36.3 Å². The van der Waals surface area contributed by atoms with Crippen molar-refractivity contribution < 1.29 is 0 Å². The summed E-state index contributed by atoms with van der Waals surface area (Å²) in [6.45, 7) is 12.1. The Morgan fingerprint density at radius 1 is 1.11 bits per heavy atom. The molecule has 1 aliphatic heterocycles. The first kappa shape index (κ1) is 13.7. The number of hydrogen-bond donors (Lipinski definition) is 1. The predicted octanol–water partition coefficient (Wildman–Crippen LogP) is 1.50. The van der Waals surface area contributed by atoms with Crippen LogP contribution >= 0.6 is 11.3 Å². The van der Waals surface area contributed by atoms with E-state index >= 15 is 0 Å². The molecule has 0 amide bonds. The van der Waals surface area contributed by atoms with Crippen molar-refractivity contribution in [1.82, 2.24) is 20.0 Å². The van der Waals surface area contributed by atoms with Crippen LogP contribution in [0.4, 0.5) is 5.13 Å². The molecule has 1 fully saturated rings. The molecule has 0 unspecified atom stereocenters. The Labute approximate surface area is 113 Å².